The van der Waals surface area contributed by atoms with Crippen LogP contribution < -0.4 is 5.32 Å². The lowest BCUT2D eigenvalue weighted by Crippen LogP contribution is -2.08. The molecule has 1 fully saturated rings. The van der Waals surface area contributed by atoms with Crippen molar-refractivity contribution in [1.82, 2.24) is 5.32 Å². The molecule has 0 aromatic rings. The highest BCUT2D eigenvalue weighted by atomic mass is 16.5. The highest BCUT2D eigenvalue weighted by Gasteiger charge is 2.20. The van der Waals surface area contributed by atoms with Crippen molar-refractivity contribution in [3.05, 3.63) is 0 Å². The van der Waals surface area contributed by atoms with E-state index in [-0.39, 0.29) is 0 Å². The van der Waals surface area contributed by atoms with E-state index in [1.54, 1.807) is 0 Å². The Morgan fingerprint density at radius 2 is 2.18 bits per heavy atom. The minimum atomic E-state index is 0.916. The zero-order chi connectivity index (χ0) is 7.94. The summed E-state index contributed by atoms with van der Waals surface area (Å²) in [5.74, 6) is 0.916. The van der Waals surface area contributed by atoms with Crippen LogP contribution in [-0.2, 0) is 4.74 Å². The Kier molecular flexibility index (Phi) is 4.55. The summed E-state index contributed by atoms with van der Waals surface area (Å²) in [5.41, 5.74) is 0. The molecule has 0 heterocycles. The lowest BCUT2D eigenvalue weighted by molar-refractivity contribution is 0.121. The van der Waals surface area contributed by atoms with E-state index >= 15 is 0 Å². The average molecular weight is 157 g/mol. The van der Waals surface area contributed by atoms with E-state index in [4.69, 9.17) is 4.74 Å². The summed E-state index contributed by atoms with van der Waals surface area (Å²) in [4.78, 5) is 0. The van der Waals surface area contributed by atoms with Crippen LogP contribution in [0.4, 0.5) is 0 Å². The first kappa shape index (κ1) is 9.01. The lowest BCUT2D eigenvalue weighted by atomic mass is 10.3. The lowest BCUT2D eigenvalue weighted by Gasteiger charge is -2.01. The molecular weight excluding hydrogens is 138 g/mol. The van der Waals surface area contributed by atoms with Gasteiger partial charge < -0.3 is 10.1 Å². The number of ether oxygens (including phenoxy) is 1. The first-order chi connectivity index (χ1) is 5.43. The molecule has 1 N–H and O–H groups in total. The quantitative estimate of drug-likeness (QED) is 0.564. The molecule has 0 spiro atoms. The monoisotopic (exact) mass is 157 g/mol. The molecule has 0 unspecified atom stereocenters. The fraction of sp³-hybridized carbons (Fsp3) is 1.00. The van der Waals surface area contributed by atoms with Gasteiger partial charge in [-0.3, -0.25) is 0 Å². The molecule has 0 amide bonds. The van der Waals surface area contributed by atoms with Crippen molar-refractivity contribution in [2.45, 2.75) is 25.7 Å². The first-order valence-corrected chi connectivity index (χ1v) is 4.66. The number of hydrogen-bond donors (Lipinski definition) is 1. The van der Waals surface area contributed by atoms with Crippen molar-refractivity contribution in [1.29, 1.82) is 0 Å². The smallest absolute Gasteiger partial charge is 0.0494 e. The van der Waals surface area contributed by atoms with Crippen LogP contribution in [0.1, 0.15) is 25.7 Å². The Bertz CT molecular complexity index is 91.6. The fourth-order valence-corrected chi connectivity index (χ4v) is 1.04. The van der Waals surface area contributed by atoms with Gasteiger partial charge in [0, 0.05) is 13.2 Å². The van der Waals surface area contributed by atoms with Gasteiger partial charge in [0.1, 0.15) is 0 Å². The van der Waals surface area contributed by atoms with Crippen LogP contribution >= 0.6 is 0 Å². The summed E-state index contributed by atoms with van der Waals surface area (Å²) in [6.07, 6.45) is 5.24. The van der Waals surface area contributed by atoms with Crippen LogP contribution in [0.2, 0.25) is 0 Å². The van der Waals surface area contributed by atoms with E-state index in [0.717, 1.165) is 25.7 Å². The third-order valence-corrected chi connectivity index (χ3v) is 2.02. The average Bonchev–Trinajstić information content (AvgIpc) is 2.80. The van der Waals surface area contributed by atoms with Gasteiger partial charge >= 0.3 is 0 Å². The van der Waals surface area contributed by atoms with Gasteiger partial charge in [-0.15, -0.1) is 0 Å². The minimum absolute atomic E-state index is 0.916. The Hall–Kier alpha value is -0.0800. The molecule has 0 radical (unpaired) electrons. The number of unbranched alkanes of at least 4 members (excludes halogenated alkanes) is 1. The second-order valence-corrected chi connectivity index (χ2v) is 3.33. The molecule has 1 rings (SSSR count). The fourth-order valence-electron chi connectivity index (χ4n) is 1.04. The van der Waals surface area contributed by atoms with Crippen LogP contribution in [-0.4, -0.2) is 26.8 Å². The maximum atomic E-state index is 5.48. The highest BCUT2D eigenvalue weighted by molar-refractivity contribution is 4.71. The molecule has 0 aromatic carbocycles. The van der Waals surface area contributed by atoms with E-state index < -0.39 is 0 Å². The van der Waals surface area contributed by atoms with Crippen LogP contribution in [0.15, 0.2) is 0 Å². The van der Waals surface area contributed by atoms with Crippen molar-refractivity contribution in [2.24, 2.45) is 5.92 Å². The summed E-state index contributed by atoms with van der Waals surface area (Å²) in [6.45, 7) is 3.09. The van der Waals surface area contributed by atoms with Crippen LogP contribution in [0, 0.1) is 5.92 Å². The molecule has 0 aromatic heterocycles. The summed E-state index contributed by atoms with van der Waals surface area (Å²) < 4.78 is 5.48. The van der Waals surface area contributed by atoms with E-state index in [0.29, 0.717) is 0 Å². The van der Waals surface area contributed by atoms with Crippen molar-refractivity contribution in [2.75, 3.05) is 26.8 Å². The van der Waals surface area contributed by atoms with E-state index in [2.05, 4.69) is 5.32 Å². The molecule has 1 aliphatic rings. The second kappa shape index (κ2) is 5.56. The molecule has 0 aliphatic heterocycles. The minimum Gasteiger partial charge on any atom is -0.381 e. The molecule has 0 atom stereocenters. The Balaban J connectivity index is 1.66. The maximum absolute atomic E-state index is 5.48. The van der Waals surface area contributed by atoms with Gasteiger partial charge in [-0.1, -0.05) is 0 Å². The standard InChI is InChI=1S/C9H19NO/c1-10-6-2-3-7-11-8-9-4-5-9/h9-10H,2-8H2,1H3. The third kappa shape index (κ3) is 5.22. The molecule has 1 saturated carbocycles. The van der Waals surface area contributed by atoms with Gasteiger partial charge in [0.15, 0.2) is 0 Å². The Labute approximate surface area is 69.3 Å². The van der Waals surface area contributed by atoms with Crippen molar-refractivity contribution >= 4 is 0 Å². The predicted molar refractivity (Wildman–Crippen MR) is 46.7 cm³/mol. The van der Waals surface area contributed by atoms with Gasteiger partial charge in [0.05, 0.1) is 0 Å². The van der Waals surface area contributed by atoms with Crippen LogP contribution in [0.25, 0.3) is 0 Å². The first-order valence-electron chi connectivity index (χ1n) is 4.66. The van der Waals surface area contributed by atoms with Gasteiger partial charge in [-0.05, 0) is 45.2 Å². The SMILES string of the molecule is CNCCCCOCC1CC1. The van der Waals surface area contributed by atoms with Gasteiger partial charge in [0.25, 0.3) is 0 Å². The third-order valence-electron chi connectivity index (χ3n) is 2.02. The highest BCUT2D eigenvalue weighted by Crippen LogP contribution is 2.28. The van der Waals surface area contributed by atoms with E-state index in [1.165, 1.54) is 25.7 Å². The summed E-state index contributed by atoms with van der Waals surface area (Å²) >= 11 is 0. The molecular formula is C9H19NO. The van der Waals surface area contributed by atoms with Crippen molar-refractivity contribution < 1.29 is 4.74 Å². The molecule has 2 nitrogen and oxygen atoms in total. The molecule has 1 aliphatic carbocycles. The van der Waals surface area contributed by atoms with Crippen LogP contribution in [0.5, 0.6) is 0 Å². The number of rotatable bonds is 7. The zero-order valence-electron chi connectivity index (χ0n) is 7.44. The number of nitrogens with one attached hydrogen (secondary N) is 1. The molecule has 0 saturated heterocycles. The summed E-state index contributed by atoms with van der Waals surface area (Å²) in [7, 11) is 1.99. The predicted octanol–water partition coefficient (Wildman–Crippen LogP) is 1.41. The normalized spacial score (nSPS) is 17.2. The summed E-state index contributed by atoms with van der Waals surface area (Å²) in [6, 6.07) is 0. The largest absolute Gasteiger partial charge is 0.381 e. The van der Waals surface area contributed by atoms with Gasteiger partial charge in [-0.2, -0.15) is 0 Å². The van der Waals surface area contributed by atoms with E-state index in [9.17, 15) is 0 Å². The topological polar surface area (TPSA) is 21.3 Å². The molecule has 11 heavy (non-hydrogen) atoms. The van der Waals surface area contributed by atoms with Crippen molar-refractivity contribution in [3.63, 3.8) is 0 Å². The van der Waals surface area contributed by atoms with Gasteiger partial charge in [0.2, 0.25) is 0 Å². The summed E-state index contributed by atoms with van der Waals surface area (Å²) in [5, 5.41) is 3.12. The van der Waals surface area contributed by atoms with Crippen molar-refractivity contribution in [3.8, 4) is 0 Å². The molecule has 2 heteroatoms. The number of hydrogen-bond acceptors (Lipinski definition) is 2. The molecule has 66 valence electrons. The molecule has 0 bridgehead atoms. The van der Waals surface area contributed by atoms with Crippen LogP contribution in [0.3, 0.4) is 0 Å². The zero-order valence-corrected chi connectivity index (χ0v) is 7.44. The van der Waals surface area contributed by atoms with E-state index in [1.807, 2.05) is 7.05 Å². The van der Waals surface area contributed by atoms with Gasteiger partial charge in [-0.25, -0.2) is 0 Å². The second-order valence-electron chi connectivity index (χ2n) is 3.33. The maximum Gasteiger partial charge on any atom is 0.0494 e. The Morgan fingerprint density at radius 1 is 1.36 bits per heavy atom. The Morgan fingerprint density at radius 3 is 2.82 bits per heavy atom.